The maximum Gasteiger partial charge on any atom is 0.272 e. The van der Waals surface area contributed by atoms with Gasteiger partial charge in [0.25, 0.3) is 5.69 Å². The zero-order valence-corrected chi connectivity index (χ0v) is 10.6. The second kappa shape index (κ2) is 5.65. The summed E-state index contributed by atoms with van der Waals surface area (Å²) in [4.78, 5) is 10.6. The number of hydrogen-bond donors (Lipinski definition) is 1. The van der Waals surface area contributed by atoms with Crippen LogP contribution in [0.5, 0.6) is 0 Å². The Hall–Kier alpha value is -1.17. The molecule has 5 nitrogen and oxygen atoms in total. The molecule has 2 unspecified atom stereocenters. The Morgan fingerprint density at radius 2 is 2.33 bits per heavy atom. The molecule has 0 aromatic heterocycles. The Labute approximate surface area is 110 Å². The van der Waals surface area contributed by atoms with Crippen molar-refractivity contribution in [3.8, 4) is 0 Å². The van der Waals surface area contributed by atoms with Gasteiger partial charge in [-0.15, -0.1) is 0 Å². The fourth-order valence-corrected chi connectivity index (χ4v) is 2.40. The van der Waals surface area contributed by atoms with E-state index in [1.165, 1.54) is 12.1 Å². The second-order valence-corrected chi connectivity index (χ2v) is 4.96. The third-order valence-corrected chi connectivity index (χ3v) is 3.49. The van der Waals surface area contributed by atoms with Crippen molar-refractivity contribution in [3.63, 3.8) is 0 Å². The third kappa shape index (κ3) is 2.98. The molecule has 1 fully saturated rings. The molecular weight excluding hydrogens is 256 g/mol. The van der Waals surface area contributed by atoms with Crippen molar-refractivity contribution in [1.82, 2.24) is 0 Å². The minimum absolute atomic E-state index is 0.0253. The molecule has 0 bridgehead atoms. The first-order valence-electron chi connectivity index (χ1n) is 5.84. The zero-order valence-electron chi connectivity index (χ0n) is 9.84. The van der Waals surface area contributed by atoms with E-state index in [0.717, 1.165) is 6.42 Å². The predicted molar refractivity (Wildman–Crippen MR) is 68.7 cm³/mol. The zero-order chi connectivity index (χ0) is 13.1. The molecule has 0 amide bonds. The van der Waals surface area contributed by atoms with Crippen LogP contribution in [-0.4, -0.2) is 24.2 Å². The van der Waals surface area contributed by atoms with E-state index in [0.29, 0.717) is 30.2 Å². The summed E-state index contributed by atoms with van der Waals surface area (Å²) in [6, 6.07) is 4.63. The van der Waals surface area contributed by atoms with Crippen LogP contribution in [0.4, 0.5) is 5.69 Å². The summed E-state index contributed by atoms with van der Waals surface area (Å²) >= 11 is 5.89. The van der Waals surface area contributed by atoms with Crippen molar-refractivity contribution >= 4 is 17.3 Å². The maximum atomic E-state index is 11.0. The number of halogens is 1. The standard InChI is InChI=1S/C12H15ClN2O3/c13-10-1-2-12(15(16)17)8(6-10)5-9-7-18-4-3-11(9)14/h1-2,6,9,11H,3-5,7,14H2. The van der Waals surface area contributed by atoms with Crippen LogP contribution in [-0.2, 0) is 11.2 Å². The topological polar surface area (TPSA) is 78.4 Å². The van der Waals surface area contributed by atoms with E-state index < -0.39 is 0 Å². The first-order chi connectivity index (χ1) is 8.58. The number of nitro groups is 1. The van der Waals surface area contributed by atoms with Crippen molar-refractivity contribution in [2.75, 3.05) is 13.2 Å². The van der Waals surface area contributed by atoms with Crippen molar-refractivity contribution < 1.29 is 9.66 Å². The van der Waals surface area contributed by atoms with Crippen molar-refractivity contribution in [3.05, 3.63) is 38.9 Å². The van der Waals surface area contributed by atoms with E-state index >= 15 is 0 Å². The molecule has 2 atom stereocenters. The summed E-state index contributed by atoms with van der Waals surface area (Å²) < 4.78 is 5.37. The summed E-state index contributed by atoms with van der Waals surface area (Å²) in [7, 11) is 0. The number of ether oxygens (including phenoxy) is 1. The number of nitro benzene ring substituents is 1. The lowest BCUT2D eigenvalue weighted by Gasteiger charge is -2.28. The average Bonchev–Trinajstić information content (AvgIpc) is 2.32. The Morgan fingerprint density at radius 1 is 1.56 bits per heavy atom. The van der Waals surface area contributed by atoms with Crippen molar-refractivity contribution in [2.24, 2.45) is 11.7 Å². The minimum atomic E-state index is -0.388. The Morgan fingerprint density at radius 3 is 3.00 bits per heavy atom. The van der Waals surface area contributed by atoms with Gasteiger partial charge in [0.15, 0.2) is 0 Å². The fraction of sp³-hybridized carbons (Fsp3) is 0.500. The third-order valence-electron chi connectivity index (χ3n) is 3.25. The largest absolute Gasteiger partial charge is 0.381 e. The van der Waals surface area contributed by atoms with Crippen molar-refractivity contribution in [1.29, 1.82) is 0 Å². The summed E-state index contributed by atoms with van der Waals surface area (Å²) in [5, 5.41) is 11.5. The molecule has 98 valence electrons. The molecule has 1 aromatic rings. The first-order valence-corrected chi connectivity index (χ1v) is 6.22. The molecule has 1 aromatic carbocycles. The van der Waals surface area contributed by atoms with Gasteiger partial charge in [-0.25, -0.2) is 0 Å². The number of nitrogens with two attached hydrogens (primary N) is 1. The van der Waals surface area contributed by atoms with Gasteiger partial charge in [0, 0.05) is 35.2 Å². The van der Waals surface area contributed by atoms with Crippen LogP contribution in [0, 0.1) is 16.0 Å². The van der Waals surface area contributed by atoms with Gasteiger partial charge in [-0.3, -0.25) is 10.1 Å². The average molecular weight is 271 g/mol. The summed E-state index contributed by atoms with van der Waals surface area (Å²) in [6.45, 7) is 1.21. The van der Waals surface area contributed by atoms with Gasteiger partial charge >= 0.3 is 0 Å². The fourth-order valence-electron chi connectivity index (χ4n) is 2.20. The molecule has 1 saturated heterocycles. The lowest BCUT2D eigenvalue weighted by atomic mass is 9.89. The molecule has 1 heterocycles. The molecule has 2 N–H and O–H groups in total. The first kappa shape index (κ1) is 13.3. The molecule has 0 saturated carbocycles. The number of rotatable bonds is 3. The van der Waals surface area contributed by atoms with Gasteiger partial charge in [-0.05, 0) is 25.0 Å². The smallest absolute Gasteiger partial charge is 0.272 e. The van der Waals surface area contributed by atoms with Gasteiger partial charge in [0.1, 0.15) is 0 Å². The van der Waals surface area contributed by atoms with Crippen LogP contribution >= 0.6 is 11.6 Å². The molecule has 18 heavy (non-hydrogen) atoms. The second-order valence-electron chi connectivity index (χ2n) is 4.52. The number of hydrogen-bond acceptors (Lipinski definition) is 4. The van der Waals surface area contributed by atoms with E-state index in [-0.39, 0.29) is 22.6 Å². The van der Waals surface area contributed by atoms with Gasteiger partial charge in [-0.1, -0.05) is 11.6 Å². The maximum absolute atomic E-state index is 11.0. The monoisotopic (exact) mass is 270 g/mol. The van der Waals surface area contributed by atoms with Crippen LogP contribution in [0.25, 0.3) is 0 Å². The van der Waals surface area contributed by atoms with Crippen LogP contribution in [0.2, 0.25) is 5.02 Å². The summed E-state index contributed by atoms with van der Waals surface area (Å²) in [5.74, 6) is 0.107. The summed E-state index contributed by atoms with van der Waals surface area (Å²) in [6.07, 6.45) is 1.32. The molecule has 2 rings (SSSR count). The van der Waals surface area contributed by atoms with Gasteiger partial charge < -0.3 is 10.5 Å². The van der Waals surface area contributed by atoms with Crippen LogP contribution in [0.1, 0.15) is 12.0 Å². The highest BCUT2D eigenvalue weighted by Crippen LogP contribution is 2.27. The van der Waals surface area contributed by atoms with E-state index in [1.807, 2.05) is 0 Å². The Bertz CT molecular complexity index is 453. The molecule has 0 radical (unpaired) electrons. The van der Waals surface area contributed by atoms with E-state index in [4.69, 9.17) is 22.1 Å². The Kier molecular flexibility index (Phi) is 4.16. The van der Waals surface area contributed by atoms with E-state index in [1.54, 1.807) is 6.07 Å². The van der Waals surface area contributed by atoms with E-state index in [9.17, 15) is 10.1 Å². The normalized spacial score (nSPS) is 23.9. The molecule has 0 spiro atoms. The van der Waals surface area contributed by atoms with Gasteiger partial charge in [-0.2, -0.15) is 0 Å². The van der Waals surface area contributed by atoms with Gasteiger partial charge in [0.05, 0.1) is 11.5 Å². The lowest BCUT2D eigenvalue weighted by Crippen LogP contribution is -2.39. The highest BCUT2D eigenvalue weighted by Gasteiger charge is 2.25. The van der Waals surface area contributed by atoms with Gasteiger partial charge in [0.2, 0.25) is 0 Å². The Balaban J connectivity index is 2.21. The quantitative estimate of drug-likeness (QED) is 0.674. The molecule has 0 aliphatic carbocycles. The molecule has 1 aliphatic rings. The lowest BCUT2D eigenvalue weighted by molar-refractivity contribution is -0.385. The van der Waals surface area contributed by atoms with Crippen LogP contribution in [0.15, 0.2) is 18.2 Å². The molecule has 1 aliphatic heterocycles. The minimum Gasteiger partial charge on any atom is -0.381 e. The van der Waals surface area contributed by atoms with Crippen LogP contribution < -0.4 is 5.73 Å². The predicted octanol–water partition coefficient (Wildman–Crippen LogP) is 2.15. The molecule has 6 heteroatoms. The summed E-state index contributed by atoms with van der Waals surface area (Å²) in [5.41, 5.74) is 6.73. The van der Waals surface area contributed by atoms with E-state index in [2.05, 4.69) is 0 Å². The van der Waals surface area contributed by atoms with Crippen molar-refractivity contribution in [2.45, 2.75) is 18.9 Å². The molecular formula is C12H15ClN2O3. The highest BCUT2D eigenvalue weighted by molar-refractivity contribution is 6.30. The number of benzene rings is 1. The highest BCUT2D eigenvalue weighted by atomic mass is 35.5. The SMILES string of the molecule is NC1CCOCC1Cc1cc(Cl)ccc1[N+](=O)[O-]. The number of nitrogens with zero attached hydrogens (tertiary/aromatic N) is 1. The van der Waals surface area contributed by atoms with Crippen LogP contribution in [0.3, 0.4) is 0 Å².